The number of methoxy groups -OCH3 is 1. The summed E-state index contributed by atoms with van der Waals surface area (Å²) in [5.41, 5.74) is 0.593. The van der Waals surface area contributed by atoms with Crippen molar-refractivity contribution in [3.8, 4) is 5.75 Å². The van der Waals surface area contributed by atoms with Gasteiger partial charge < -0.3 is 19.7 Å². The van der Waals surface area contributed by atoms with E-state index >= 15 is 0 Å². The summed E-state index contributed by atoms with van der Waals surface area (Å²) in [5, 5.41) is 3.43. The van der Waals surface area contributed by atoms with Gasteiger partial charge in [-0.1, -0.05) is 18.2 Å². The molecule has 5 heteroatoms. The van der Waals surface area contributed by atoms with Crippen molar-refractivity contribution < 1.29 is 14.3 Å². The standard InChI is InChI=1S/C16H24N2O3/c1-16(2,3)21-15(19)18-10-9-17-13(11-18)12-7-5-6-8-14(12)20-4/h5-8,13,17H,9-11H2,1-4H3/t13-/m1/s1. The summed E-state index contributed by atoms with van der Waals surface area (Å²) in [6.45, 7) is 7.61. The van der Waals surface area contributed by atoms with Crippen molar-refractivity contribution in [2.45, 2.75) is 32.4 Å². The number of nitrogens with zero attached hydrogens (tertiary/aromatic N) is 1. The largest absolute Gasteiger partial charge is 0.496 e. The molecule has 1 aliphatic heterocycles. The Labute approximate surface area is 126 Å². The fourth-order valence-electron chi connectivity index (χ4n) is 2.40. The highest BCUT2D eigenvalue weighted by atomic mass is 16.6. The molecule has 1 aromatic rings. The van der Waals surface area contributed by atoms with E-state index in [0.717, 1.165) is 17.9 Å². The minimum Gasteiger partial charge on any atom is -0.496 e. The third kappa shape index (κ3) is 4.11. The van der Waals surface area contributed by atoms with Gasteiger partial charge in [-0.2, -0.15) is 0 Å². The maximum absolute atomic E-state index is 12.2. The van der Waals surface area contributed by atoms with E-state index in [1.54, 1.807) is 12.0 Å². The number of ether oxygens (including phenoxy) is 2. The lowest BCUT2D eigenvalue weighted by molar-refractivity contribution is 0.0194. The van der Waals surface area contributed by atoms with Gasteiger partial charge in [0.2, 0.25) is 0 Å². The highest BCUT2D eigenvalue weighted by molar-refractivity contribution is 5.68. The smallest absolute Gasteiger partial charge is 0.410 e. The van der Waals surface area contributed by atoms with Gasteiger partial charge in [-0.3, -0.25) is 0 Å². The van der Waals surface area contributed by atoms with Crippen molar-refractivity contribution in [2.75, 3.05) is 26.7 Å². The topological polar surface area (TPSA) is 50.8 Å². The van der Waals surface area contributed by atoms with E-state index < -0.39 is 5.60 Å². The highest BCUT2D eigenvalue weighted by Crippen LogP contribution is 2.27. The number of benzene rings is 1. The second-order valence-corrected chi connectivity index (χ2v) is 6.18. The minimum absolute atomic E-state index is 0.0578. The Morgan fingerprint density at radius 1 is 1.33 bits per heavy atom. The lowest BCUT2D eigenvalue weighted by Gasteiger charge is -2.35. The summed E-state index contributed by atoms with van der Waals surface area (Å²) in [6.07, 6.45) is -0.260. The van der Waals surface area contributed by atoms with E-state index in [1.807, 2.05) is 45.0 Å². The van der Waals surface area contributed by atoms with Gasteiger partial charge in [-0.15, -0.1) is 0 Å². The zero-order valence-corrected chi connectivity index (χ0v) is 13.2. The van der Waals surface area contributed by atoms with Crippen LogP contribution in [0, 0.1) is 0 Å². The number of hydrogen-bond donors (Lipinski definition) is 1. The third-order valence-electron chi connectivity index (χ3n) is 3.34. The molecule has 1 heterocycles. The van der Waals surface area contributed by atoms with E-state index in [4.69, 9.17) is 9.47 Å². The Kier molecular flexibility index (Phi) is 4.73. The molecule has 1 saturated heterocycles. The molecule has 5 nitrogen and oxygen atoms in total. The Balaban J connectivity index is 2.09. The van der Waals surface area contributed by atoms with Crippen LogP contribution >= 0.6 is 0 Å². The van der Waals surface area contributed by atoms with Gasteiger partial charge in [0.1, 0.15) is 11.4 Å². The van der Waals surface area contributed by atoms with Gasteiger partial charge in [0.25, 0.3) is 0 Å². The quantitative estimate of drug-likeness (QED) is 0.910. The normalized spacial score (nSPS) is 19.2. The van der Waals surface area contributed by atoms with Crippen LogP contribution in [0.1, 0.15) is 32.4 Å². The molecular formula is C16H24N2O3. The lowest BCUT2D eigenvalue weighted by atomic mass is 10.0. The molecule has 0 unspecified atom stereocenters. The summed E-state index contributed by atoms with van der Waals surface area (Å²) < 4.78 is 10.8. The summed E-state index contributed by atoms with van der Waals surface area (Å²) in [5.74, 6) is 0.834. The number of amides is 1. The molecule has 1 aromatic carbocycles. The molecule has 1 amide bonds. The van der Waals surface area contributed by atoms with Gasteiger partial charge >= 0.3 is 6.09 Å². The molecule has 0 saturated carbocycles. The van der Waals surface area contributed by atoms with E-state index in [9.17, 15) is 4.79 Å². The molecule has 0 aliphatic carbocycles. The molecule has 0 bridgehead atoms. The molecule has 1 N–H and O–H groups in total. The summed E-state index contributed by atoms with van der Waals surface area (Å²) >= 11 is 0. The van der Waals surface area contributed by atoms with Crippen molar-refractivity contribution in [2.24, 2.45) is 0 Å². The first-order valence-electron chi connectivity index (χ1n) is 7.25. The Morgan fingerprint density at radius 2 is 2.05 bits per heavy atom. The van der Waals surface area contributed by atoms with Crippen LogP contribution in [0.15, 0.2) is 24.3 Å². The molecule has 116 valence electrons. The van der Waals surface area contributed by atoms with E-state index in [2.05, 4.69) is 5.32 Å². The second kappa shape index (κ2) is 6.35. The average Bonchev–Trinajstić information content (AvgIpc) is 2.45. The molecule has 21 heavy (non-hydrogen) atoms. The van der Waals surface area contributed by atoms with E-state index in [1.165, 1.54) is 0 Å². The SMILES string of the molecule is COc1ccccc1[C@H]1CN(C(=O)OC(C)(C)C)CCN1. The minimum atomic E-state index is -0.470. The highest BCUT2D eigenvalue weighted by Gasteiger charge is 2.29. The maximum Gasteiger partial charge on any atom is 0.410 e. The Bertz CT molecular complexity index is 497. The molecule has 2 rings (SSSR count). The van der Waals surface area contributed by atoms with E-state index in [-0.39, 0.29) is 12.1 Å². The number of hydrogen-bond acceptors (Lipinski definition) is 4. The number of para-hydroxylation sites is 1. The number of carbonyl (C=O) groups is 1. The van der Waals surface area contributed by atoms with Gasteiger partial charge in [0.15, 0.2) is 0 Å². The summed E-state index contributed by atoms with van der Waals surface area (Å²) in [6, 6.07) is 7.93. The van der Waals surface area contributed by atoms with Crippen LogP contribution < -0.4 is 10.1 Å². The Hall–Kier alpha value is -1.75. The predicted molar refractivity (Wildman–Crippen MR) is 81.5 cm³/mol. The van der Waals surface area contributed by atoms with Crippen LogP contribution in [0.25, 0.3) is 0 Å². The zero-order chi connectivity index (χ0) is 15.5. The number of nitrogens with one attached hydrogen (secondary N) is 1. The second-order valence-electron chi connectivity index (χ2n) is 6.18. The third-order valence-corrected chi connectivity index (χ3v) is 3.34. The van der Waals surface area contributed by atoms with Crippen LogP contribution in [0.4, 0.5) is 4.79 Å². The first kappa shape index (κ1) is 15.6. The van der Waals surface area contributed by atoms with Gasteiger partial charge in [0, 0.05) is 25.2 Å². The number of carbonyl (C=O) groups excluding carboxylic acids is 1. The fourth-order valence-corrected chi connectivity index (χ4v) is 2.40. The number of rotatable bonds is 2. The summed E-state index contributed by atoms with van der Waals surface area (Å²) in [4.78, 5) is 13.9. The maximum atomic E-state index is 12.2. The van der Waals surface area contributed by atoms with E-state index in [0.29, 0.717) is 13.1 Å². The first-order valence-corrected chi connectivity index (χ1v) is 7.25. The Morgan fingerprint density at radius 3 is 2.71 bits per heavy atom. The van der Waals surface area contributed by atoms with Crippen LogP contribution in [0.5, 0.6) is 5.75 Å². The predicted octanol–water partition coefficient (Wildman–Crippen LogP) is 2.58. The monoisotopic (exact) mass is 292 g/mol. The van der Waals surface area contributed by atoms with Gasteiger partial charge in [-0.25, -0.2) is 4.79 Å². The van der Waals surface area contributed by atoms with Crippen LogP contribution in [-0.4, -0.2) is 43.3 Å². The molecule has 1 fully saturated rings. The molecule has 0 radical (unpaired) electrons. The average molecular weight is 292 g/mol. The molecule has 0 aromatic heterocycles. The zero-order valence-electron chi connectivity index (χ0n) is 13.2. The van der Waals surface area contributed by atoms with Gasteiger partial charge in [-0.05, 0) is 26.8 Å². The van der Waals surface area contributed by atoms with Crippen LogP contribution in [-0.2, 0) is 4.74 Å². The van der Waals surface area contributed by atoms with Gasteiger partial charge in [0.05, 0.1) is 13.2 Å². The molecule has 0 spiro atoms. The lowest BCUT2D eigenvalue weighted by Crippen LogP contribution is -2.49. The first-order chi connectivity index (χ1) is 9.90. The van der Waals surface area contributed by atoms with Crippen molar-refractivity contribution in [1.82, 2.24) is 10.2 Å². The van der Waals surface area contributed by atoms with Crippen molar-refractivity contribution in [3.63, 3.8) is 0 Å². The molecule has 1 atom stereocenters. The van der Waals surface area contributed by atoms with Crippen molar-refractivity contribution in [3.05, 3.63) is 29.8 Å². The van der Waals surface area contributed by atoms with Crippen LogP contribution in [0.2, 0.25) is 0 Å². The fraction of sp³-hybridized carbons (Fsp3) is 0.562. The number of piperazine rings is 1. The molecule has 1 aliphatic rings. The molecular weight excluding hydrogens is 268 g/mol. The summed E-state index contributed by atoms with van der Waals surface area (Å²) in [7, 11) is 1.66. The van der Waals surface area contributed by atoms with Crippen molar-refractivity contribution in [1.29, 1.82) is 0 Å². The van der Waals surface area contributed by atoms with Crippen molar-refractivity contribution >= 4 is 6.09 Å². The van der Waals surface area contributed by atoms with Crippen LogP contribution in [0.3, 0.4) is 0 Å².